The largest absolute Gasteiger partial charge is 0.294 e. The molecule has 12 heteroatoms. The Hall–Kier alpha value is -3.76. The van der Waals surface area contributed by atoms with Crippen LogP contribution in [0.2, 0.25) is 10.0 Å². The fourth-order valence-electron chi connectivity index (χ4n) is 2.66. The van der Waals surface area contributed by atoms with Gasteiger partial charge in [0.2, 0.25) is 5.43 Å². The highest BCUT2D eigenvalue weighted by Crippen LogP contribution is 2.22. The van der Waals surface area contributed by atoms with E-state index in [1.165, 1.54) is 43.3 Å². The number of carbonyl (C=O) groups is 2. The van der Waals surface area contributed by atoms with Gasteiger partial charge in [0.05, 0.1) is 15.5 Å². The summed E-state index contributed by atoms with van der Waals surface area (Å²) in [5.41, 5.74) is 2.94. The van der Waals surface area contributed by atoms with Gasteiger partial charge in [0.1, 0.15) is 5.69 Å². The molecule has 0 aliphatic carbocycles. The predicted octanol–water partition coefficient (Wildman–Crippen LogP) is 2.83. The number of aryl methyl sites for hydroxylation is 1. The van der Waals surface area contributed by atoms with Crippen molar-refractivity contribution >= 4 is 40.7 Å². The van der Waals surface area contributed by atoms with E-state index in [2.05, 4.69) is 16.0 Å². The van der Waals surface area contributed by atoms with Gasteiger partial charge in [-0.05, 0) is 31.2 Å². The Bertz CT molecular complexity index is 1270. The summed E-state index contributed by atoms with van der Waals surface area (Å²) in [5, 5.41) is 15.6. The molecule has 0 saturated heterocycles. The van der Waals surface area contributed by atoms with Crippen molar-refractivity contribution < 1.29 is 14.5 Å². The minimum atomic E-state index is -1.02. The highest BCUT2D eigenvalue weighted by Gasteiger charge is 2.21. The fourth-order valence-corrected chi connectivity index (χ4v) is 3.03. The Morgan fingerprint density at radius 1 is 1.06 bits per heavy atom. The van der Waals surface area contributed by atoms with E-state index in [0.29, 0.717) is 0 Å². The van der Waals surface area contributed by atoms with Crippen molar-refractivity contribution in [1.29, 1.82) is 0 Å². The number of hydrogen-bond donors (Lipinski definition) is 2. The Morgan fingerprint density at radius 2 is 1.74 bits per heavy atom. The molecule has 0 spiro atoms. The number of para-hydroxylation sites is 2. The lowest BCUT2D eigenvalue weighted by atomic mass is 10.2. The SMILES string of the molecule is Cc1cc(=O)c(C(=O)NNC(=O)c2cc(Cl)ccc2Cl)nn1-c1ccccc1[N+](=O)[O-]. The van der Waals surface area contributed by atoms with Crippen molar-refractivity contribution in [3.8, 4) is 5.69 Å². The monoisotopic (exact) mass is 461 g/mol. The number of aromatic nitrogens is 2. The zero-order valence-corrected chi connectivity index (χ0v) is 17.3. The van der Waals surface area contributed by atoms with Crippen molar-refractivity contribution in [2.75, 3.05) is 0 Å². The van der Waals surface area contributed by atoms with Gasteiger partial charge in [-0.2, -0.15) is 5.10 Å². The third-order valence-electron chi connectivity index (χ3n) is 4.09. The lowest BCUT2D eigenvalue weighted by molar-refractivity contribution is -0.384. The highest BCUT2D eigenvalue weighted by molar-refractivity contribution is 6.35. The first-order chi connectivity index (χ1) is 14.7. The average molecular weight is 462 g/mol. The Balaban J connectivity index is 1.90. The Labute approximate surface area is 184 Å². The lowest BCUT2D eigenvalue weighted by Gasteiger charge is -2.12. The van der Waals surface area contributed by atoms with Gasteiger partial charge in [0.15, 0.2) is 5.69 Å². The number of nitrogens with zero attached hydrogens (tertiary/aromatic N) is 3. The summed E-state index contributed by atoms with van der Waals surface area (Å²) < 4.78 is 1.10. The second kappa shape index (κ2) is 8.94. The molecular weight excluding hydrogens is 449 g/mol. The maximum Gasteiger partial charge on any atom is 0.294 e. The van der Waals surface area contributed by atoms with Gasteiger partial charge in [0, 0.05) is 22.8 Å². The van der Waals surface area contributed by atoms with Crippen molar-refractivity contribution in [1.82, 2.24) is 20.6 Å². The molecule has 0 saturated carbocycles. The van der Waals surface area contributed by atoms with E-state index in [1.54, 1.807) is 6.07 Å². The average Bonchev–Trinajstić information content (AvgIpc) is 2.73. The van der Waals surface area contributed by atoms with Crippen LogP contribution in [0.4, 0.5) is 5.69 Å². The third-order valence-corrected chi connectivity index (χ3v) is 4.66. The normalized spacial score (nSPS) is 10.4. The molecule has 0 aliphatic rings. The molecule has 0 unspecified atom stereocenters. The summed E-state index contributed by atoms with van der Waals surface area (Å²) >= 11 is 11.8. The zero-order chi connectivity index (χ0) is 22.7. The van der Waals surface area contributed by atoms with Crippen LogP contribution >= 0.6 is 23.2 Å². The van der Waals surface area contributed by atoms with Crippen LogP contribution in [-0.2, 0) is 0 Å². The van der Waals surface area contributed by atoms with Gasteiger partial charge < -0.3 is 0 Å². The summed E-state index contributed by atoms with van der Waals surface area (Å²) in [6.07, 6.45) is 0. The minimum Gasteiger partial charge on any atom is -0.287 e. The first-order valence-corrected chi connectivity index (χ1v) is 9.35. The molecule has 0 aliphatic heterocycles. The van der Waals surface area contributed by atoms with E-state index < -0.39 is 27.9 Å². The van der Waals surface area contributed by atoms with Crippen molar-refractivity contribution in [3.63, 3.8) is 0 Å². The molecule has 1 aromatic heterocycles. The van der Waals surface area contributed by atoms with E-state index in [-0.39, 0.29) is 32.7 Å². The van der Waals surface area contributed by atoms with Crippen LogP contribution in [0.25, 0.3) is 5.69 Å². The molecule has 2 N–H and O–H groups in total. The maximum atomic E-state index is 12.5. The Morgan fingerprint density at radius 3 is 2.45 bits per heavy atom. The molecule has 3 rings (SSSR count). The molecular formula is C19H13Cl2N5O5. The summed E-state index contributed by atoms with van der Waals surface area (Å²) in [7, 11) is 0. The zero-order valence-electron chi connectivity index (χ0n) is 15.8. The summed E-state index contributed by atoms with van der Waals surface area (Å²) in [6.45, 7) is 1.51. The van der Waals surface area contributed by atoms with Gasteiger partial charge in [0.25, 0.3) is 17.5 Å². The molecule has 31 heavy (non-hydrogen) atoms. The number of nitro groups is 1. The first kappa shape index (κ1) is 21.9. The molecule has 2 aromatic carbocycles. The number of rotatable bonds is 4. The molecule has 1 heterocycles. The molecule has 3 aromatic rings. The van der Waals surface area contributed by atoms with Gasteiger partial charge in [-0.1, -0.05) is 35.3 Å². The second-order valence-electron chi connectivity index (χ2n) is 6.19. The van der Waals surface area contributed by atoms with E-state index in [9.17, 15) is 24.5 Å². The van der Waals surface area contributed by atoms with Crippen LogP contribution < -0.4 is 16.3 Å². The number of hydrazine groups is 1. The number of amides is 2. The van der Waals surface area contributed by atoms with Crippen LogP contribution in [-0.4, -0.2) is 26.5 Å². The quantitative estimate of drug-likeness (QED) is 0.452. The van der Waals surface area contributed by atoms with Crippen LogP contribution in [0.5, 0.6) is 0 Å². The molecule has 0 fully saturated rings. The van der Waals surface area contributed by atoms with E-state index >= 15 is 0 Å². The third kappa shape index (κ3) is 4.71. The molecule has 10 nitrogen and oxygen atoms in total. The summed E-state index contributed by atoms with van der Waals surface area (Å²) in [5.74, 6) is -1.80. The highest BCUT2D eigenvalue weighted by atomic mass is 35.5. The number of carbonyl (C=O) groups excluding carboxylic acids is 2. The van der Waals surface area contributed by atoms with E-state index in [1.807, 2.05) is 0 Å². The molecule has 2 amide bonds. The van der Waals surface area contributed by atoms with E-state index in [4.69, 9.17) is 23.2 Å². The van der Waals surface area contributed by atoms with Crippen molar-refractivity contribution in [3.05, 3.63) is 95.9 Å². The first-order valence-electron chi connectivity index (χ1n) is 8.59. The molecule has 158 valence electrons. The van der Waals surface area contributed by atoms with Crippen LogP contribution in [0, 0.1) is 17.0 Å². The van der Waals surface area contributed by atoms with Crippen LogP contribution in [0.15, 0.2) is 53.3 Å². The van der Waals surface area contributed by atoms with Gasteiger partial charge in [-0.15, -0.1) is 0 Å². The smallest absolute Gasteiger partial charge is 0.287 e. The molecule has 0 radical (unpaired) electrons. The van der Waals surface area contributed by atoms with E-state index in [0.717, 1.165) is 10.7 Å². The van der Waals surface area contributed by atoms with Crippen LogP contribution in [0.3, 0.4) is 0 Å². The van der Waals surface area contributed by atoms with Gasteiger partial charge in [-0.3, -0.25) is 35.3 Å². The number of nitrogens with one attached hydrogen (secondary N) is 2. The minimum absolute atomic E-state index is 0.00338. The predicted molar refractivity (Wildman–Crippen MR) is 113 cm³/mol. The number of hydrogen-bond acceptors (Lipinski definition) is 6. The summed E-state index contributed by atoms with van der Waals surface area (Å²) in [4.78, 5) is 47.7. The lowest BCUT2D eigenvalue weighted by Crippen LogP contribution is -2.44. The standard InChI is InChI=1S/C19H13Cl2N5O5/c1-10-8-16(27)17(24-25(10)14-4-2-3-5-15(14)26(30)31)19(29)23-22-18(28)12-9-11(20)6-7-13(12)21/h2-9H,1H3,(H,22,28)(H,23,29). The maximum absolute atomic E-state index is 12.5. The molecule has 0 atom stereocenters. The number of benzene rings is 2. The number of halogens is 2. The second-order valence-corrected chi connectivity index (χ2v) is 7.03. The molecule has 0 bridgehead atoms. The van der Waals surface area contributed by atoms with Crippen LogP contribution in [0.1, 0.15) is 26.5 Å². The van der Waals surface area contributed by atoms with Gasteiger partial charge >= 0.3 is 0 Å². The van der Waals surface area contributed by atoms with Crippen molar-refractivity contribution in [2.45, 2.75) is 6.92 Å². The van der Waals surface area contributed by atoms with Crippen molar-refractivity contribution in [2.24, 2.45) is 0 Å². The number of nitro benzene ring substituents is 1. The Kier molecular flexibility index (Phi) is 6.33. The fraction of sp³-hybridized carbons (Fsp3) is 0.0526. The topological polar surface area (TPSA) is 136 Å². The van der Waals surface area contributed by atoms with Gasteiger partial charge in [-0.25, -0.2) is 4.68 Å². The summed E-state index contributed by atoms with van der Waals surface area (Å²) in [6, 6.07) is 11.0.